The highest BCUT2D eigenvalue weighted by molar-refractivity contribution is 5.73. The van der Waals surface area contributed by atoms with Gasteiger partial charge in [0, 0.05) is 13.1 Å². The Bertz CT molecular complexity index is 753. The average Bonchev–Trinajstić information content (AvgIpc) is 2.94. The van der Waals surface area contributed by atoms with E-state index in [1.165, 1.54) is 11.1 Å². The fraction of sp³-hybridized carbons (Fsp3) is 0.600. The predicted octanol–water partition coefficient (Wildman–Crippen LogP) is 3.11. The van der Waals surface area contributed by atoms with Crippen LogP contribution in [0.5, 0.6) is 5.75 Å². The van der Waals surface area contributed by atoms with E-state index in [0.29, 0.717) is 6.10 Å². The van der Waals surface area contributed by atoms with Gasteiger partial charge in [-0.15, -0.1) is 0 Å². The van der Waals surface area contributed by atoms with E-state index < -0.39 is 24.3 Å². The van der Waals surface area contributed by atoms with Crippen LogP contribution in [0.3, 0.4) is 0 Å². The number of alkyl halides is 6. The number of carboxylic acid groups (broad SMARTS) is 2. The summed E-state index contributed by atoms with van der Waals surface area (Å²) >= 11 is 0. The number of benzene rings is 1. The topological polar surface area (TPSA) is 99.1 Å². The lowest BCUT2D eigenvalue weighted by Crippen LogP contribution is -2.35. The summed E-state index contributed by atoms with van der Waals surface area (Å²) in [5.41, 5.74) is 2.95. The van der Waals surface area contributed by atoms with Crippen molar-refractivity contribution in [1.82, 2.24) is 10.2 Å². The van der Waals surface area contributed by atoms with Crippen LogP contribution in [0.25, 0.3) is 0 Å². The van der Waals surface area contributed by atoms with Crippen LogP contribution in [-0.4, -0.2) is 78.7 Å². The van der Waals surface area contributed by atoms with Gasteiger partial charge in [0.05, 0.1) is 0 Å². The number of piperidine rings is 1. The van der Waals surface area contributed by atoms with Crippen LogP contribution in [0.15, 0.2) is 18.2 Å². The smallest absolute Gasteiger partial charge is 0.490 e. The van der Waals surface area contributed by atoms with E-state index in [-0.39, 0.29) is 0 Å². The van der Waals surface area contributed by atoms with E-state index in [0.717, 1.165) is 57.6 Å². The number of ether oxygens (including phenoxy) is 1. The molecule has 0 aromatic heterocycles. The number of likely N-dealkylation sites (tertiary alicyclic amines) is 1. The van der Waals surface area contributed by atoms with Crippen molar-refractivity contribution in [2.24, 2.45) is 0 Å². The summed E-state index contributed by atoms with van der Waals surface area (Å²) in [6.45, 7) is 4.49. The van der Waals surface area contributed by atoms with Gasteiger partial charge in [-0.1, -0.05) is 6.07 Å². The maximum atomic E-state index is 10.6. The zero-order chi connectivity index (χ0) is 25.2. The summed E-state index contributed by atoms with van der Waals surface area (Å²) in [5, 5.41) is 17.7. The van der Waals surface area contributed by atoms with Gasteiger partial charge in [0.25, 0.3) is 0 Å². The van der Waals surface area contributed by atoms with E-state index >= 15 is 0 Å². The Hall–Kier alpha value is -2.54. The minimum atomic E-state index is -5.08. The lowest BCUT2D eigenvalue weighted by molar-refractivity contribution is -0.193. The van der Waals surface area contributed by atoms with Crippen LogP contribution in [-0.2, 0) is 22.4 Å². The number of halogens is 6. The monoisotopic (exact) mass is 488 g/mol. The molecule has 1 aromatic carbocycles. The predicted molar refractivity (Wildman–Crippen MR) is 105 cm³/mol. The van der Waals surface area contributed by atoms with Crippen molar-refractivity contribution in [1.29, 1.82) is 0 Å². The minimum absolute atomic E-state index is 0.401. The molecule has 0 atom stereocenters. The minimum Gasteiger partial charge on any atom is -0.490 e. The first kappa shape index (κ1) is 28.5. The van der Waals surface area contributed by atoms with Gasteiger partial charge in [0.2, 0.25) is 0 Å². The molecule has 1 fully saturated rings. The zero-order valence-electron chi connectivity index (χ0n) is 17.8. The Balaban J connectivity index is 0.000000324. The first-order valence-corrected chi connectivity index (χ1v) is 9.98. The van der Waals surface area contributed by atoms with Gasteiger partial charge >= 0.3 is 24.3 Å². The third-order valence-electron chi connectivity index (χ3n) is 4.77. The molecule has 0 radical (unpaired) electrons. The van der Waals surface area contributed by atoms with Crippen LogP contribution in [0.4, 0.5) is 26.3 Å². The number of nitrogens with zero attached hydrogens (tertiary/aromatic N) is 1. The molecule has 1 saturated heterocycles. The second-order valence-electron chi connectivity index (χ2n) is 7.41. The van der Waals surface area contributed by atoms with Gasteiger partial charge in [0.15, 0.2) is 0 Å². The van der Waals surface area contributed by atoms with E-state index in [1.54, 1.807) is 0 Å². The highest BCUT2D eigenvalue weighted by Crippen LogP contribution is 2.23. The van der Waals surface area contributed by atoms with E-state index in [1.807, 2.05) is 0 Å². The number of hydrogen-bond donors (Lipinski definition) is 3. The molecule has 2 aliphatic rings. The quantitative estimate of drug-likeness (QED) is 0.551. The summed E-state index contributed by atoms with van der Waals surface area (Å²) in [6, 6.07) is 6.68. The molecule has 13 heteroatoms. The lowest BCUT2D eigenvalue weighted by Gasteiger charge is -2.29. The molecular weight excluding hydrogens is 462 g/mol. The van der Waals surface area contributed by atoms with Crippen molar-refractivity contribution in [3.63, 3.8) is 0 Å². The number of nitrogens with one attached hydrogen (secondary N) is 1. The van der Waals surface area contributed by atoms with E-state index in [9.17, 15) is 26.3 Å². The molecule has 2 aliphatic heterocycles. The maximum Gasteiger partial charge on any atom is 0.490 e. The van der Waals surface area contributed by atoms with Gasteiger partial charge in [-0.25, -0.2) is 9.59 Å². The van der Waals surface area contributed by atoms with Crippen molar-refractivity contribution in [2.75, 3.05) is 33.2 Å². The largest absolute Gasteiger partial charge is 0.490 e. The SMILES string of the molecule is CN1CCC(Oc2ccc3c(c2)CCNCC3)CC1.O=C(O)C(F)(F)F.O=C(O)C(F)(F)F. The summed E-state index contributed by atoms with van der Waals surface area (Å²) in [7, 11) is 2.19. The summed E-state index contributed by atoms with van der Waals surface area (Å²) in [4.78, 5) is 20.2. The molecule has 3 rings (SSSR count). The second kappa shape index (κ2) is 12.6. The second-order valence-corrected chi connectivity index (χ2v) is 7.41. The number of fused-ring (bicyclic) bond motifs is 1. The van der Waals surface area contributed by atoms with E-state index in [4.69, 9.17) is 24.5 Å². The molecule has 33 heavy (non-hydrogen) atoms. The van der Waals surface area contributed by atoms with Crippen molar-refractivity contribution >= 4 is 11.9 Å². The Morgan fingerprint density at radius 3 is 1.85 bits per heavy atom. The maximum absolute atomic E-state index is 10.6. The average molecular weight is 488 g/mol. The van der Waals surface area contributed by atoms with Crippen molar-refractivity contribution < 1.29 is 50.9 Å². The zero-order valence-corrected chi connectivity index (χ0v) is 17.8. The van der Waals surface area contributed by atoms with Gasteiger partial charge in [0.1, 0.15) is 11.9 Å². The molecule has 2 heterocycles. The lowest BCUT2D eigenvalue weighted by atomic mass is 10.0. The number of aliphatic carboxylic acids is 2. The number of hydrogen-bond acceptors (Lipinski definition) is 5. The Morgan fingerprint density at radius 2 is 1.39 bits per heavy atom. The summed E-state index contributed by atoms with van der Waals surface area (Å²) in [6.07, 6.45) is -5.20. The highest BCUT2D eigenvalue weighted by atomic mass is 19.4. The summed E-state index contributed by atoms with van der Waals surface area (Å²) < 4.78 is 69.6. The fourth-order valence-corrected chi connectivity index (χ4v) is 3.02. The highest BCUT2D eigenvalue weighted by Gasteiger charge is 2.38. The first-order chi connectivity index (χ1) is 15.2. The number of carboxylic acids is 2. The molecule has 0 spiro atoms. The first-order valence-electron chi connectivity index (χ1n) is 9.98. The van der Waals surface area contributed by atoms with Crippen molar-refractivity contribution in [3.8, 4) is 5.75 Å². The molecule has 0 aliphatic carbocycles. The number of carbonyl (C=O) groups is 2. The number of rotatable bonds is 2. The van der Waals surface area contributed by atoms with Crippen LogP contribution in [0, 0.1) is 0 Å². The van der Waals surface area contributed by atoms with Crippen LogP contribution in [0.2, 0.25) is 0 Å². The van der Waals surface area contributed by atoms with Crippen molar-refractivity contribution in [2.45, 2.75) is 44.1 Å². The Kier molecular flexibility index (Phi) is 10.9. The Labute approximate surface area is 186 Å². The van der Waals surface area contributed by atoms with Crippen LogP contribution in [0.1, 0.15) is 24.0 Å². The van der Waals surface area contributed by atoms with Crippen molar-refractivity contribution in [3.05, 3.63) is 29.3 Å². The molecule has 1 aromatic rings. The molecular formula is C20H26F6N2O5. The third-order valence-corrected chi connectivity index (χ3v) is 4.77. The molecule has 0 amide bonds. The normalized spacial score (nSPS) is 17.3. The van der Waals surface area contributed by atoms with Gasteiger partial charge in [-0.2, -0.15) is 26.3 Å². The molecule has 0 saturated carbocycles. The van der Waals surface area contributed by atoms with Gasteiger partial charge in [-0.3, -0.25) is 0 Å². The molecule has 7 nitrogen and oxygen atoms in total. The van der Waals surface area contributed by atoms with E-state index in [2.05, 4.69) is 35.5 Å². The van der Waals surface area contributed by atoms with Gasteiger partial charge in [-0.05, 0) is 69.1 Å². The van der Waals surface area contributed by atoms with Crippen LogP contribution >= 0.6 is 0 Å². The molecule has 188 valence electrons. The molecule has 3 N–H and O–H groups in total. The third kappa shape index (κ3) is 11.2. The summed E-state index contributed by atoms with van der Waals surface area (Å²) in [5.74, 6) is -4.45. The van der Waals surface area contributed by atoms with Gasteiger partial charge < -0.3 is 25.2 Å². The molecule has 0 bridgehead atoms. The Morgan fingerprint density at radius 1 is 0.939 bits per heavy atom. The fourth-order valence-electron chi connectivity index (χ4n) is 3.02. The molecule has 0 unspecified atom stereocenters. The standard InChI is InChI=1S/C16H24N2O.2C2HF3O2/c1-18-10-6-15(7-11-18)19-16-3-2-13-4-8-17-9-5-14(13)12-16;2*3-2(4,5)1(6)7/h2-3,12,15,17H,4-11H2,1H3;2*(H,6,7). The van der Waals surface area contributed by atoms with Crippen LogP contribution < -0.4 is 10.1 Å².